The monoisotopic (exact) mass is 373 g/mol. The number of nitriles is 1. The molecule has 2 aromatic heterocycles. The molecule has 2 heterocycles. The molecule has 0 radical (unpaired) electrons. The summed E-state index contributed by atoms with van der Waals surface area (Å²) in [6, 6.07) is 3.64. The van der Waals surface area contributed by atoms with Gasteiger partial charge in [0.1, 0.15) is 11.1 Å². The molecule has 0 bridgehead atoms. The lowest BCUT2D eigenvalue weighted by Crippen LogP contribution is -2.13. The van der Waals surface area contributed by atoms with Crippen LogP contribution in [0.4, 0.5) is 10.8 Å². The van der Waals surface area contributed by atoms with Gasteiger partial charge in [-0.3, -0.25) is 4.79 Å². The first-order valence-corrected chi connectivity index (χ1v) is 9.34. The maximum absolute atomic E-state index is 12.2. The van der Waals surface area contributed by atoms with E-state index >= 15 is 0 Å². The van der Waals surface area contributed by atoms with E-state index in [2.05, 4.69) is 16.5 Å². The van der Waals surface area contributed by atoms with Crippen LogP contribution in [0.1, 0.15) is 47.4 Å². The van der Waals surface area contributed by atoms with E-state index in [4.69, 9.17) is 0 Å². The Morgan fingerprint density at radius 3 is 2.96 bits per heavy atom. The summed E-state index contributed by atoms with van der Waals surface area (Å²) < 4.78 is 1.54. The van der Waals surface area contributed by atoms with Gasteiger partial charge in [0.05, 0.1) is 29.0 Å². The topological polar surface area (TPSA) is 114 Å². The number of fused-ring (bicyclic) bond motifs is 1. The number of aryl methyl sites for hydroxylation is 3. The largest absolute Gasteiger partial charge is 0.390 e. The summed E-state index contributed by atoms with van der Waals surface area (Å²) in [6.07, 6.45) is 4.87. The normalized spacial score (nSPS) is 13.1. The van der Waals surface area contributed by atoms with Gasteiger partial charge in [0.2, 0.25) is 5.91 Å². The number of carbonyl (C=O) groups is 1. The predicted octanol–water partition coefficient (Wildman–Crippen LogP) is 3.33. The molecule has 0 aromatic carbocycles. The maximum Gasteiger partial charge on any atom is 0.390 e. The zero-order valence-corrected chi connectivity index (χ0v) is 15.3. The Balaban J connectivity index is 1.58. The van der Waals surface area contributed by atoms with E-state index in [1.165, 1.54) is 27.0 Å². The molecule has 0 spiro atoms. The number of carbonyl (C=O) groups excluding carboxylic acids is 1. The third kappa shape index (κ3) is 3.75. The summed E-state index contributed by atoms with van der Waals surface area (Å²) in [4.78, 5) is 23.6. The Bertz CT molecular complexity index is 893. The second-order valence-electron chi connectivity index (χ2n) is 6.30. The molecule has 8 nitrogen and oxygen atoms in total. The van der Waals surface area contributed by atoms with Gasteiger partial charge in [-0.25, -0.2) is 0 Å². The highest BCUT2D eigenvalue weighted by Gasteiger charge is 2.22. The lowest BCUT2D eigenvalue weighted by atomic mass is 9.96. The Morgan fingerprint density at radius 1 is 1.50 bits per heavy atom. The van der Waals surface area contributed by atoms with Crippen LogP contribution >= 0.6 is 11.3 Å². The highest BCUT2D eigenvalue weighted by Crippen LogP contribution is 2.37. The van der Waals surface area contributed by atoms with Crippen LogP contribution in [0.3, 0.4) is 0 Å². The first kappa shape index (κ1) is 18.1. The van der Waals surface area contributed by atoms with Gasteiger partial charge in [-0.05, 0) is 49.5 Å². The number of nitro groups is 1. The van der Waals surface area contributed by atoms with Crippen molar-refractivity contribution in [3.63, 3.8) is 0 Å². The van der Waals surface area contributed by atoms with Gasteiger partial charge in [0.25, 0.3) is 0 Å². The molecule has 9 heteroatoms. The van der Waals surface area contributed by atoms with Crippen molar-refractivity contribution < 1.29 is 9.72 Å². The average molecular weight is 373 g/mol. The van der Waals surface area contributed by atoms with Gasteiger partial charge in [-0.1, -0.05) is 0 Å². The summed E-state index contributed by atoms with van der Waals surface area (Å²) in [7, 11) is 0. The molecule has 1 aliphatic rings. The van der Waals surface area contributed by atoms with Crippen LogP contribution < -0.4 is 5.32 Å². The second-order valence-corrected chi connectivity index (χ2v) is 7.41. The summed E-state index contributed by atoms with van der Waals surface area (Å²) in [5.41, 5.74) is 2.39. The Morgan fingerprint density at radius 2 is 2.27 bits per heavy atom. The molecule has 1 aliphatic carbocycles. The van der Waals surface area contributed by atoms with Gasteiger partial charge in [-0.15, -0.1) is 11.3 Å². The predicted molar refractivity (Wildman–Crippen MR) is 97.2 cm³/mol. The molecule has 0 saturated carbocycles. The smallest absolute Gasteiger partial charge is 0.358 e. The van der Waals surface area contributed by atoms with Gasteiger partial charge in [-0.2, -0.15) is 9.94 Å². The highest BCUT2D eigenvalue weighted by molar-refractivity contribution is 7.16. The average Bonchev–Trinajstić information content (AvgIpc) is 3.15. The Hall–Kier alpha value is -2.73. The van der Waals surface area contributed by atoms with Crippen LogP contribution in [-0.2, 0) is 24.2 Å². The number of anilines is 1. The quantitative estimate of drug-likeness (QED) is 0.616. The molecule has 1 amide bonds. The second kappa shape index (κ2) is 7.66. The van der Waals surface area contributed by atoms with Crippen molar-refractivity contribution in [2.75, 3.05) is 5.32 Å². The third-order valence-electron chi connectivity index (χ3n) is 4.47. The fourth-order valence-electron chi connectivity index (χ4n) is 3.16. The summed E-state index contributed by atoms with van der Waals surface area (Å²) in [5.74, 6) is -0.339. The molecular formula is C17H19N5O3S. The number of hydrogen-bond acceptors (Lipinski definition) is 6. The molecule has 1 N–H and O–H groups in total. The third-order valence-corrected chi connectivity index (χ3v) is 5.67. The molecule has 0 aliphatic heterocycles. The molecule has 0 unspecified atom stereocenters. The first-order valence-electron chi connectivity index (χ1n) is 8.53. The van der Waals surface area contributed by atoms with Gasteiger partial charge < -0.3 is 15.4 Å². The van der Waals surface area contributed by atoms with Crippen LogP contribution in [0.25, 0.3) is 0 Å². The fourth-order valence-corrected chi connectivity index (χ4v) is 4.41. The molecule has 26 heavy (non-hydrogen) atoms. The van der Waals surface area contributed by atoms with Gasteiger partial charge in [0, 0.05) is 11.3 Å². The molecule has 0 saturated heterocycles. The van der Waals surface area contributed by atoms with Crippen molar-refractivity contribution >= 4 is 28.1 Å². The van der Waals surface area contributed by atoms with Crippen molar-refractivity contribution in [1.82, 2.24) is 9.78 Å². The van der Waals surface area contributed by atoms with Crippen molar-refractivity contribution in [3.05, 3.63) is 37.9 Å². The van der Waals surface area contributed by atoms with Crippen LogP contribution in [-0.4, -0.2) is 20.6 Å². The van der Waals surface area contributed by atoms with E-state index in [9.17, 15) is 20.2 Å². The number of amides is 1. The SMILES string of the molecule is Cc1cc([N+](=O)[O-])nn1CCCC(=O)Nc1sc2c(c1C#N)CCCC2. The van der Waals surface area contributed by atoms with E-state index in [0.717, 1.165) is 31.2 Å². The molecule has 3 rings (SSSR count). The highest BCUT2D eigenvalue weighted by atomic mass is 32.1. The fraction of sp³-hybridized carbons (Fsp3) is 0.471. The van der Waals surface area contributed by atoms with E-state index in [0.29, 0.717) is 29.2 Å². The lowest BCUT2D eigenvalue weighted by molar-refractivity contribution is -0.389. The van der Waals surface area contributed by atoms with Crippen molar-refractivity contribution in [3.8, 4) is 6.07 Å². The molecular weight excluding hydrogens is 354 g/mol. The Kier molecular flexibility index (Phi) is 5.32. The van der Waals surface area contributed by atoms with E-state index in [1.807, 2.05) is 0 Å². The number of thiophene rings is 1. The van der Waals surface area contributed by atoms with Crippen LogP contribution in [0.2, 0.25) is 0 Å². The Labute approximate surface area is 154 Å². The van der Waals surface area contributed by atoms with Crippen LogP contribution in [0.15, 0.2) is 6.07 Å². The van der Waals surface area contributed by atoms with Crippen molar-refractivity contribution in [2.45, 2.75) is 52.0 Å². The minimum absolute atomic E-state index is 0.153. The zero-order chi connectivity index (χ0) is 18.7. The minimum atomic E-state index is -0.530. The minimum Gasteiger partial charge on any atom is -0.358 e. The standard InChI is InChI=1S/C17H19N5O3S/c1-11-9-15(22(24)25)20-21(11)8-4-7-16(23)19-17-13(10-18)12-5-2-3-6-14(12)26-17/h9H,2-8H2,1H3,(H,19,23). The number of rotatable bonds is 6. The van der Waals surface area contributed by atoms with Gasteiger partial charge >= 0.3 is 5.82 Å². The lowest BCUT2D eigenvalue weighted by Gasteiger charge is -2.09. The van der Waals surface area contributed by atoms with Crippen molar-refractivity contribution in [1.29, 1.82) is 5.26 Å². The molecule has 136 valence electrons. The molecule has 0 fully saturated rings. The van der Waals surface area contributed by atoms with E-state index in [1.54, 1.807) is 6.92 Å². The van der Waals surface area contributed by atoms with E-state index in [-0.39, 0.29) is 18.1 Å². The number of aromatic nitrogens is 2. The number of nitrogens with one attached hydrogen (secondary N) is 1. The summed E-state index contributed by atoms with van der Waals surface area (Å²) in [6.45, 7) is 2.18. The van der Waals surface area contributed by atoms with Crippen molar-refractivity contribution in [2.24, 2.45) is 0 Å². The summed E-state index contributed by atoms with van der Waals surface area (Å²) >= 11 is 1.51. The van der Waals surface area contributed by atoms with Gasteiger partial charge in [0.15, 0.2) is 0 Å². The zero-order valence-electron chi connectivity index (χ0n) is 14.4. The van der Waals surface area contributed by atoms with Crippen LogP contribution in [0, 0.1) is 28.4 Å². The number of hydrogen-bond donors (Lipinski definition) is 1. The maximum atomic E-state index is 12.2. The summed E-state index contributed by atoms with van der Waals surface area (Å²) in [5, 5.41) is 27.6. The van der Waals surface area contributed by atoms with Crippen LogP contribution in [0.5, 0.6) is 0 Å². The van der Waals surface area contributed by atoms with E-state index < -0.39 is 4.92 Å². The number of nitrogens with zero attached hydrogens (tertiary/aromatic N) is 4. The first-order chi connectivity index (χ1) is 12.5. The molecule has 2 aromatic rings. The molecule has 0 atom stereocenters.